The Morgan fingerprint density at radius 2 is 2.08 bits per heavy atom. The van der Waals surface area contributed by atoms with Crippen molar-refractivity contribution in [3.8, 4) is 11.6 Å². The Balaban J connectivity index is 2.31. The molecule has 0 fully saturated rings. The molecule has 0 bridgehead atoms. The van der Waals surface area contributed by atoms with Crippen LogP contribution >= 0.6 is 0 Å². The average Bonchev–Trinajstić information content (AvgIpc) is 2.59. The summed E-state index contributed by atoms with van der Waals surface area (Å²) in [6.07, 6.45) is 5.59. The van der Waals surface area contributed by atoms with Gasteiger partial charge in [0.05, 0.1) is 13.4 Å². The van der Waals surface area contributed by atoms with Gasteiger partial charge in [0.2, 0.25) is 5.88 Å². The predicted molar refractivity (Wildman–Crippen MR) is 89.8 cm³/mol. The molecular weight excluding hydrogens is 308 g/mol. The number of aromatic nitrogens is 2. The van der Waals surface area contributed by atoms with E-state index < -0.39 is 5.97 Å². The van der Waals surface area contributed by atoms with E-state index in [2.05, 4.69) is 16.9 Å². The molecule has 1 heterocycles. The summed E-state index contributed by atoms with van der Waals surface area (Å²) in [5.41, 5.74) is 1.32. The minimum absolute atomic E-state index is 0.00774. The quantitative estimate of drug-likeness (QED) is 0.588. The fourth-order valence-electron chi connectivity index (χ4n) is 2.17. The van der Waals surface area contributed by atoms with Crippen LogP contribution in [0.3, 0.4) is 0 Å². The largest absolute Gasteiger partial charge is 0.503 e. The number of aryl methyl sites for hydroxylation is 1. The molecule has 0 spiro atoms. The monoisotopic (exact) mass is 328 g/mol. The number of aliphatic carboxylic acids is 1. The number of ether oxygens (including phenoxy) is 2. The van der Waals surface area contributed by atoms with Gasteiger partial charge < -0.3 is 14.6 Å². The molecule has 6 heteroatoms. The molecule has 0 unspecified atom stereocenters. The van der Waals surface area contributed by atoms with E-state index in [4.69, 9.17) is 9.47 Å². The number of carboxylic acid groups (broad SMARTS) is 1. The molecule has 126 valence electrons. The molecule has 1 aromatic carbocycles. The third-order valence-electron chi connectivity index (χ3n) is 3.34. The topological polar surface area (TPSA) is 81.5 Å². The number of carboxylic acids is 1. The fraction of sp³-hybridized carbons (Fsp3) is 0.278. The van der Waals surface area contributed by atoms with E-state index in [1.807, 2.05) is 0 Å². The molecule has 6 nitrogen and oxygen atoms in total. The lowest BCUT2D eigenvalue weighted by molar-refractivity contribution is -0.130. The Hall–Kier alpha value is -2.89. The van der Waals surface area contributed by atoms with E-state index in [0.717, 1.165) is 25.0 Å². The molecule has 1 N–H and O–H groups in total. The van der Waals surface area contributed by atoms with Gasteiger partial charge in [-0.05, 0) is 18.9 Å². The zero-order chi connectivity index (χ0) is 17.4. The molecule has 0 saturated carbocycles. The Kier molecular flexibility index (Phi) is 6.31. The van der Waals surface area contributed by atoms with Gasteiger partial charge in [0, 0.05) is 17.3 Å². The van der Waals surface area contributed by atoms with Crippen molar-refractivity contribution in [3.05, 3.63) is 54.2 Å². The third kappa shape index (κ3) is 4.55. The van der Waals surface area contributed by atoms with Crippen LogP contribution in [0.1, 0.15) is 31.0 Å². The van der Waals surface area contributed by atoms with Crippen molar-refractivity contribution in [1.82, 2.24) is 9.97 Å². The van der Waals surface area contributed by atoms with Crippen molar-refractivity contribution in [2.75, 3.05) is 7.11 Å². The number of unbranched alkanes of at least 4 members (excludes halogenated alkanes) is 1. The van der Waals surface area contributed by atoms with Gasteiger partial charge in [0.1, 0.15) is 17.6 Å². The minimum atomic E-state index is -1.10. The van der Waals surface area contributed by atoms with E-state index in [0.29, 0.717) is 17.2 Å². The van der Waals surface area contributed by atoms with Crippen molar-refractivity contribution in [2.24, 2.45) is 0 Å². The normalized spacial score (nSPS) is 11.2. The van der Waals surface area contributed by atoms with Crippen LogP contribution in [0.15, 0.2) is 42.9 Å². The Labute approximate surface area is 140 Å². The van der Waals surface area contributed by atoms with E-state index >= 15 is 0 Å². The molecule has 0 amide bonds. The second kappa shape index (κ2) is 8.67. The minimum Gasteiger partial charge on any atom is -0.503 e. The number of para-hydroxylation sites is 1. The zero-order valence-corrected chi connectivity index (χ0v) is 13.7. The van der Waals surface area contributed by atoms with Crippen molar-refractivity contribution in [3.63, 3.8) is 0 Å². The first-order valence-electron chi connectivity index (χ1n) is 7.70. The van der Waals surface area contributed by atoms with Gasteiger partial charge in [-0.15, -0.1) is 0 Å². The number of methoxy groups -OCH3 is 1. The van der Waals surface area contributed by atoms with Crippen LogP contribution in [0.2, 0.25) is 0 Å². The van der Waals surface area contributed by atoms with Gasteiger partial charge in [-0.1, -0.05) is 31.5 Å². The highest BCUT2D eigenvalue weighted by Gasteiger charge is 2.16. The number of hydrogen-bond acceptors (Lipinski definition) is 5. The summed E-state index contributed by atoms with van der Waals surface area (Å²) in [7, 11) is 1.40. The second-order valence-corrected chi connectivity index (χ2v) is 5.12. The average molecular weight is 328 g/mol. The molecular formula is C18H20N2O4. The van der Waals surface area contributed by atoms with E-state index in [1.165, 1.54) is 19.7 Å². The molecule has 24 heavy (non-hydrogen) atoms. The number of carbonyl (C=O) groups is 1. The van der Waals surface area contributed by atoms with Crippen LogP contribution in [0.4, 0.5) is 0 Å². The van der Waals surface area contributed by atoms with Crippen LogP contribution in [-0.4, -0.2) is 28.2 Å². The first-order valence-corrected chi connectivity index (χ1v) is 7.70. The highest BCUT2D eigenvalue weighted by atomic mass is 16.5. The lowest BCUT2D eigenvalue weighted by atomic mass is 10.1. The number of rotatable bonds is 8. The molecule has 0 atom stereocenters. The van der Waals surface area contributed by atoms with E-state index in [1.54, 1.807) is 30.3 Å². The molecule has 0 aliphatic rings. The Bertz CT molecular complexity index is 728. The second-order valence-electron chi connectivity index (χ2n) is 5.12. The van der Waals surface area contributed by atoms with Crippen molar-refractivity contribution in [1.29, 1.82) is 0 Å². The summed E-state index contributed by atoms with van der Waals surface area (Å²) in [4.78, 5) is 19.8. The van der Waals surface area contributed by atoms with Crippen LogP contribution < -0.4 is 4.74 Å². The summed E-state index contributed by atoms with van der Waals surface area (Å²) >= 11 is 0. The Morgan fingerprint density at radius 3 is 2.79 bits per heavy atom. The summed E-state index contributed by atoms with van der Waals surface area (Å²) < 4.78 is 10.7. The smallest absolute Gasteiger partial charge is 0.339 e. The molecule has 0 aliphatic heterocycles. The van der Waals surface area contributed by atoms with Gasteiger partial charge in [-0.2, -0.15) is 0 Å². The SMILES string of the molecule is CCCCc1cc(Oc2ccccc2/C(=C/OC)C(=O)O)ncn1. The van der Waals surface area contributed by atoms with Gasteiger partial charge in [0.15, 0.2) is 0 Å². The van der Waals surface area contributed by atoms with Crippen molar-refractivity contribution < 1.29 is 19.4 Å². The van der Waals surface area contributed by atoms with Gasteiger partial charge in [-0.3, -0.25) is 0 Å². The standard InChI is InChI=1S/C18H20N2O4/c1-3-4-7-13-10-17(20-12-19-13)24-16-9-6-5-8-14(16)15(11-23-2)18(21)22/h5-6,8-12H,3-4,7H2,1-2H3,(H,21,22)/b15-11-. The first-order chi connectivity index (χ1) is 11.7. The maximum atomic E-state index is 11.4. The molecule has 2 rings (SSSR count). The highest BCUT2D eigenvalue weighted by molar-refractivity contribution is 6.15. The fourth-order valence-corrected chi connectivity index (χ4v) is 2.17. The predicted octanol–water partition coefficient (Wildman–Crippen LogP) is 3.68. The number of nitrogens with zero attached hydrogens (tertiary/aromatic N) is 2. The molecule has 0 aliphatic carbocycles. The van der Waals surface area contributed by atoms with Crippen LogP contribution in [-0.2, 0) is 16.0 Å². The summed E-state index contributed by atoms with van der Waals surface area (Å²) in [5.74, 6) is -0.326. The third-order valence-corrected chi connectivity index (χ3v) is 3.34. The molecule has 2 aromatic rings. The maximum Gasteiger partial charge on any atom is 0.339 e. The lowest BCUT2D eigenvalue weighted by Crippen LogP contribution is -2.03. The molecule has 0 radical (unpaired) electrons. The summed E-state index contributed by atoms with van der Waals surface area (Å²) in [6, 6.07) is 8.63. The van der Waals surface area contributed by atoms with Crippen LogP contribution in [0, 0.1) is 0 Å². The van der Waals surface area contributed by atoms with Gasteiger partial charge >= 0.3 is 5.97 Å². The Morgan fingerprint density at radius 1 is 1.29 bits per heavy atom. The maximum absolute atomic E-state index is 11.4. The highest BCUT2D eigenvalue weighted by Crippen LogP contribution is 2.29. The number of benzene rings is 1. The lowest BCUT2D eigenvalue weighted by Gasteiger charge is -2.11. The summed E-state index contributed by atoms with van der Waals surface area (Å²) in [5, 5.41) is 9.36. The molecule has 0 saturated heterocycles. The van der Waals surface area contributed by atoms with Crippen molar-refractivity contribution in [2.45, 2.75) is 26.2 Å². The molecule has 1 aromatic heterocycles. The van der Waals surface area contributed by atoms with Crippen LogP contribution in [0.5, 0.6) is 11.6 Å². The van der Waals surface area contributed by atoms with Crippen LogP contribution in [0.25, 0.3) is 5.57 Å². The van der Waals surface area contributed by atoms with E-state index in [9.17, 15) is 9.90 Å². The van der Waals surface area contributed by atoms with E-state index in [-0.39, 0.29) is 5.57 Å². The van der Waals surface area contributed by atoms with Crippen molar-refractivity contribution >= 4 is 11.5 Å². The number of hydrogen-bond donors (Lipinski definition) is 1. The van der Waals surface area contributed by atoms with Gasteiger partial charge in [0.25, 0.3) is 0 Å². The van der Waals surface area contributed by atoms with Gasteiger partial charge in [-0.25, -0.2) is 14.8 Å². The first kappa shape index (κ1) is 17.5. The summed E-state index contributed by atoms with van der Waals surface area (Å²) in [6.45, 7) is 2.12. The zero-order valence-electron chi connectivity index (χ0n) is 13.7.